The van der Waals surface area contributed by atoms with Crippen molar-refractivity contribution in [2.75, 3.05) is 25.3 Å². The number of amides is 2. The number of nitrogens with zero attached hydrogens (tertiary/aromatic N) is 1. The Balaban J connectivity index is 1.65. The van der Waals surface area contributed by atoms with Gasteiger partial charge in [0.15, 0.2) is 11.5 Å². The summed E-state index contributed by atoms with van der Waals surface area (Å²) in [6.07, 6.45) is 0.873. The van der Waals surface area contributed by atoms with Gasteiger partial charge in [-0.3, -0.25) is 14.5 Å². The van der Waals surface area contributed by atoms with Crippen molar-refractivity contribution >= 4 is 17.5 Å². The van der Waals surface area contributed by atoms with Gasteiger partial charge in [0.2, 0.25) is 12.7 Å². The maximum Gasteiger partial charge on any atom is 0.259 e. The summed E-state index contributed by atoms with van der Waals surface area (Å²) < 4.78 is 16.4. The van der Waals surface area contributed by atoms with E-state index in [0.717, 1.165) is 17.5 Å². The molecule has 36 heavy (non-hydrogen) atoms. The lowest BCUT2D eigenvalue weighted by Crippen LogP contribution is -2.47. The quantitative estimate of drug-likeness (QED) is 0.505. The average molecular weight is 487 g/mol. The minimum atomic E-state index is -0.607. The number of fused-ring (bicyclic) bond motifs is 2. The lowest BCUT2D eigenvalue weighted by molar-refractivity contribution is -0.123. The molecule has 2 aliphatic rings. The Bertz CT molecular complexity index is 1270. The van der Waals surface area contributed by atoms with Crippen molar-refractivity contribution in [1.29, 1.82) is 0 Å². The molecule has 7 heteroatoms. The predicted octanol–water partition coefficient (Wildman–Crippen LogP) is 5.07. The van der Waals surface area contributed by atoms with Crippen molar-refractivity contribution in [1.82, 2.24) is 5.32 Å². The summed E-state index contributed by atoms with van der Waals surface area (Å²) in [5.74, 6) is 1.49. The van der Waals surface area contributed by atoms with Gasteiger partial charge in [-0.15, -0.1) is 0 Å². The summed E-state index contributed by atoms with van der Waals surface area (Å²) >= 11 is 0. The smallest absolute Gasteiger partial charge is 0.259 e. The van der Waals surface area contributed by atoms with Crippen LogP contribution in [-0.4, -0.2) is 32.3 Å². The van der Waals surface area contributed by atoms with Crippen LogP contribution in [0.2, 0.25) is 0 Å². The van der Waals surface area contributed by atoms with Gasteiger partial charge in [-0.05, 0) is 53.8 Å². The molecule has 2 aliphatic heterocycles. The fourth-order valence-corrected chi connectivity index (χ4v) is 4.87. The van der Waals surface area contributed by atoms with Gasteiger partial charge in [-0.25, -0.2) is 0 Å². The van der Waals surface area contributed by atoms with E-state index in [1.807, 2.05) is 48.5 Å². The average Bonchev–Trinajstić information content (AvgIpc) is 3.36. The second-order valence-corrected chi connectivity index (χ2v) is 9.47. The van der Waals surface area contributed by atoms with E-state index >= 15 is 0 Å². The third-order valence-electron chi connectivity index (χ3n) is 6.73. The molecule has 0 radical (unpaired) electrons. The zero-order valence-electron chi connectivity index (χ0n) is 20.7. The molecule has 0 aromatic heterocycles. The molecule has 0 bridgehead atoms. The van der Waals surface area contributed by atoms with Crippen molar-refractivity contribution in [2.24, 2.45) is 5.92 Å². The molecular weight excluding hydrogens is 456 g/mol. The molecule has 2 heterocycles. The molecule has 186 valence electrons. The number of carbonyl (C=O) groups is 2. The number of hydrogen-bond donors (Lipinski definition) is 1. The monoisotopic (exact) mass is 486 g/mol. The van der Waals surface area contributed by atoms with Crippen LogP contribution < -0.4 is 24.4 Å². The molecule has 0 fully saturated rings. The fraction of sp³-hybridized carbons (Fsp3) is 0.310. The third kappa shape index (κ3) is 4.37. The van der Waals surface area contributed by atoms with Crippen molar-refractivity contribution < 1.29 is 23.8 Å². The molecule has 3 aromatic carbocycles. The Morgan fingerprint density at radius 1 is 1.06 bits per heavy atom. The first-order valence-electron chi connectivity index (χ1n) is 12.2. The van der Waals surface area contributed by atoms with Crippen LogP contribution in [0.15, 0.2) is 66.7 Å². The Hall–Kier alpha value is -4.00. The molecule has 0 saturated carbocycles. The van der Waals surface area contributed by atoms with Crippen molar-refractivity contribution in [3.63, 3.8) is 0 Å². The molecular formula is C29H30N2O5. The van der Waals surface area contributed by atoms with Gasteiger partial charge in [0.05, 0.1) is 19.1 Å². The minimum absolute atomic E-state index is 0.109. The van der Waals surface area contributed by atoms with E-state index in [1.54, 1.807) is 30.2 Å². The van der Waals surface area contributed by atoms with Crippen molar-refractivity contribution in [3.8, 4) is 17.2 Å². The molecule has 0 aliphatic carbocycles. The van der Waals surface area contributed by atoms with Crippen LogP contribution in [0.3, 0.4) is 0 Å². The van der Waals surface area contributed by atoms with E-state index < -0.39 is 12.0 Å². The van der Waals surface area contributed by atoms with E-state index in [9.17, 15) is 9.59 Å². The summed E-state index contributed by atoms with van der Waals surface area (Å²) in [6, 6.07) is 19.8. The van der Waals surface area contributed by atoms with Crippen LogP contribution in [0.1, 0.15) is 53.7 Å². The highest BCUT2D eigenvalue weighted by molar-refractivity contribution is 6.11. The summed E-state index contributed by atoms with van der Waals surface area (Å²) in [6.45, 7) is 4.96. The molecule has 2 amide bonds. The topological polar surface area (TPSA) is 77.1 Å². The van der Waals surface area contributed by atoms with E-state index in [2.05, 4.69) is 19.2 Å². The minimum Gasteiger partial charge on any atom is -0.497 e. The van der Waals surface area contributed by atoms with E-state index in [1.165, 1.54) is 0 Å². The first-order chi connectivity index (χ1) is 17.5. The maximum atomic E-state index is 14.0. The zero-order chi connectivity index (χ0) is 25.2. The molecule has 0 saturated heterocycles. The third-order valence-corrected chi connectivity index (χ3v) is 6.73. The van der Waals surface area contributed by atoms with Gasteiger partial charge < -0.3 is 19.5 Å². The Morgan fingerprint density at radius 3 is 2.56 bits per heavy atom. The van der Waals surface area contributed by atoms with E-state index in [0.29, 0.717) is 41.0 Å². The number of ether oxygens (including phenoxy) is 3. The Kier molecular flexibility index (Phi) is 6.55. The van der Waals surface area contributed by atoms with Gasteiger partial charge in [-0.1, -0.05) is 44.2 Å². The highest BCUT2D eigenvalue weighted by Crippen LogP contribution is 2.47. The second-order valence-electron chi connectivity index (χ2n) is 9.47. The molecule has 3 aromatic rings. The molecule has 0 spiro atoms. The number of rotatable bonds is 7. The molecule has 2 atom stereocenters. The Morgan fingerprint density at radius 2 is 1.81 bits per heavy atom. The van der Waals surface area contributed by atoms with Crippen LogP contribution in [0.5, 0.6) is 17.2 Å². The number of benzene rings is 3. The van der Waals surface area contributed by atoms with E-state index in [4.69, 9.17) is 14.2 Å². The first kappa shape index (κ1) is 23.7. The van der Waals surface area contributed by atoms with Crippen LogP contribution in [0, 0.1) is 5.92 Å². The number of anilines is 1. The second kappa shape index (κ2) is 9.93. The summed E-state index contributed by atoms with van der Waals surface area (Å²) in [5.41, 5.74) is 2.71. The van der Waals surface area contributed by atoms with Crippen molar-refractivity contribution in [2.45, 2.75) is 32.2 Å². The first-order valence-corrected chi connectivity index (χ1v) is 12.2. The molecule has 5 rings (SSSR count). The van der Waals surface area contributed by atoms with Crippen LogP contribution in [-0.2, 0) is 4.79 Å². The highest BCUT2D eigenvalue weighted by Gasteiger charge is 2.45. The number of nitrogens with one attached hydrogen (secondary N) is 1. The SMILES string of the molecule is COc1ccc([C@@H]2[C@@H](C(=O)NCCC(C)C)c3ccccc3C(=O)N2c2ccc3c(c2)OCO3)cc1. The number of hydrogen-bond acceptors (Lipinski definition) is 5. The highest BCUT2D eigenvalue weighted by atomic mass is 16.7. The lowest BCUT2D eigenvalue weighted by atomic mass is 9.78. The molecule has 0 unspecified atom stereocenters. The predicted molar refractivity (Wildman–Crippen MR) is 137 cm³/mol. The zero-order valence-corrected chi connectivity index (χ0v) is 20.7. The standard InChI is InChI=1S/C29H30N2O5/c1-18(2)14-15-30-28(32)26-22-6-4-5-7-23(22)29(33)31(20-10-13-24-25(16-20)36-17-35-24)27(26)19-8-11-21(34-3)12-9-19/h4-13,16,18,26-27H,14-15,17H2,1-3H3,(H,30,32)/t26-,27+/m0/s1. The number of methoxy groups -OCH3 is 1. The Labute approximate surface area is 211 Å². The summed E-state index contributed by atoms with van der Waals surface area (Å²) in [4.78, 5) is 29.5. The summed E-state index contributed by atoms with van der Waals surface area (Å²) in [7, 11) is 1.61. The van der Waals surface area contributed by atoms with Crippen LogP contribution in [0.25, 0.3) is 0 Å². The summed E-state index contributed by atoms with van der Waals surface area (Å²) in [5, 5.41) is 3.13. The van der Waals surface area contributed by atoms with Gasteiger partial charge in [-0.2, -0.15) is 0 Å². The molecule has 1 N–H and O–H groups in total. The fourth-order valence-electron chi connectivity index (χ4n) is 4.87. The van der Waals surface area contributed by atoms with Gasteiger partial charge in [0.25, 0.3) is 5.91 Å². The largest absolute Gasteiger partial charge is 0.497 e. The van der Waals surface area contributed by atoms with Crippen molar-refractivity contribution in [3.05, 3.63) is 83.4 Å². The van der Waals surface area contributed by atoms with E-state index in [-0.39, 0.29) is 18.6 Å². The number of carbonyl (C=O) groups excluding carboxylic acids is 2. The lowest BCUT2D eigenvalue weighted by Gasteiger charge is -2.42. The van der Waals surface area contributed by atoms with Crippen LogP contribution in [0.4, 0.5) is 5.69 Å². The van der Waals surface area contributed by atoms with Crippen LogP contribution >= 0.6 is 0 Å². The molecule has 7 nitrogen and oxygen atoms in total. The van der Waals surface area contributed by atoms with Gasteiger partial charge in [0.1, 0.15) is 5.75 Å². The van der Waals surface area contributed by atoms with Gasteiger partial charge >= 0.3 is 0 Å². The van der Waals surface area contributed by atoms with Gasteiger partial charge in [0, 0.05) is 23.9 Å². The maximum absolute atomic E-state index is 14.0. The normalized spacial score (nSPS) is 18.2.